The summed E-state index contributed by atoms with van der Waals surface area (Å²) in [5, 5.41) is 0. The molecule has 1 aromatic rings. The first-order valence-corrected chi connectivity index (χ1v) is 5.27. The highest BCUT2D eigenvalue weighted by molar-refractivity contribution is 6.00. The molecule has 1 amide bonds. The maximum atomic E-state index is 11.4. The van der Waals surface area contributed by atoms with E-state index in [1.165, 1.54) is 0 Å². The van der Waals surface area contributed by atoms with E-state index in [9.17, 15) is 4.79 Å². The Morgan fingerprint density at radius 2 is 2.25 bits per heavy atom. The van der Waals surface area contributed by atoms with E-state index < -0.39 is 0 Å². The van der Waals surface area contributed by atoms with E-state index in [1.807, 2.05) is 37.3 Å². The van der Waals surface area contributed by atoms with Crippen LogP contribution in [0, 0.1) is 0 Å². The van der Waals surface area contributed by atoms with E-state index in [4.69, 9.17) is 4.74 Å². The SMILES string of the molecule is CCOc1ccccc1/C=C1\CNNC1=O. The maximum absolute atomic E-state index is 11.4. The molecule has 1 aliphatic heterocycles. The van der Waals surface area contributed by atoms with Crippen molar-refractivity contribution in [3.63, 3.8) is 0 Å². The highest BCUT2D eigenvalue weighted by atomic mass is 16.5. The number of benzene rings is 1. The lowest BCUT2D eigenvalue weighted by Crippen LogP contribution is -2.25. The van der Waals surface area contributed by atoms with Gasteiger partial charge >= 0.3 is 0 Å². The summed E-state index contributed by atoms with van der Waals surface area (Å²) >= 11 is 0. The largest absolute Gasteiger partial charge is 0.493 e. The Morgan fingerprint density at radius 1 is 1.44 bits per heavy atom. The van der Waals surface area contributed by atoms with E-state index in [-0.39, 0.29) is 5.91 Å². The van der Waals surface area contributed by atoms with Crippen LogP contribution in [-0.4, -0.2) is 19.1 Å². The first-order valence-electron chi connectivity index (χ1n) is 5.27. The molecule has 16 heavy (non-hydrogen) atoms. The van der Waals surface area contributed by atoms with Gasteiger partial charge in [0.2, 0.25) is 0 Å². The van der Waals surface area contributed by atoms with Gasteiger partial charge in [0.1, 0.15) is 5.75 Å². The predicted octanol–water partition coefficient (Wildman–Crippen LogP) is 1.10. The highest BCUT2D eigenvalue weighted by Gasteiger charge is 2.15. The summed E-state index contributed by atoms with van der Waals surface area (Å²) in [4.78, 5) is 11.4. The van der Waals surface area contributed by atoms with Crippen LogP contribution in [0.4, 0.5) is 0 Å². The molecule has 0 radical (unpaired) electrons. The maximum Gasteiger partial charge on any atom is 0.262 e. The molecule has 0 atom stereocenters. The van der Waals surface area contributed by atoms with Gasteiger partial charge in [0.25, 0.3) is 5.91 Å². The fourth-order valence-electron chi connectivity index (χ4n) is 1.57. The van der Waals surface area contributed by atoms with Crippen molar-refractivity contribution in [2.24, 2.45) is 0 Å². The number of carbonyl (C=O) groups is 1. The van der Waals surface area contributed by atoms with E-state index >= 15 is 0 Å². The minimum absolute atomic E-state index is 0.0775. The van der Waals surface area contributed by atoms with Gasteiger partial charge in [-0.15, -0.1) is 0 Å². The second-order valence-corrected chi connectivity index (χ2v) is 3.45. The zero-order valence-corrected chi connectivity index (χ0v) is 9.12. The summed E-state index contributed by atoms with van der Waals surface area (Å²) in [5.74, 6) is 0.725. The van der Waals surface area contributed by atoms with Gasteiger partial charge in [-0.3, -0.25) is 10.2 Å². The van der Waals surface area contributed by atoms with Gasteiger partial charge < -0.3 is 4.74 Å². The van der Waals surface area contributed by atoms with E-state index in [0.29, 0.717) is 18.7 Å². The van der Waals surface area contributed by atoms with Gasteiger partial charge in [0.15, 0.2) is 0 Å². The van der Waals surface area contributed by atoms with Crippen molar-refractivity contribution >= 4 is 12.0 Å². The molecular formula is C12H14N2O2. The van der Waals surface area contributed by atoms with Crippen LogP contribution >= 0.6 is 0 Å². The molecule has 4 heteroatoms. The van der Waals surface area contributed by atoms with Crippen molar-refractivity contribution in [1.82, 2.24) is 10.9 Å². The monoisotopic (exact) mass is 218 g/mol. The summed E-state index contributed by atoms with van der Waals surface area (Å²) < 4.78 is 5.49. The van der Waals surface area contributed by atoms with Gasteiger partial charge in [0, 0.05) is 17.7 Å². The molecule has 1 heterocycles. The number of hydrogen-bond donors (Lipinski definition) is 2. The van der Waals surface area contributed by atoms with Crippen molar-refractivity contribution in [3.8, 4) is 5.75 Å². The number of ether oxygens (including phenoxy) is 1. The van der Waals surface area contributed by atoms with Crippen molar-refractivity contribution in [3.05, 3.63) is 35.4 Å². The minimum Gasteiger partial charge on any atom is -0.493 e. The minimum atomic E-state index is -0.0775. The summed E-state index contributed by atoms with van der Waals surface area (Å²) in [6, 6.07) is 7.68. The molecule has 1 aliphatic rings. The smallest absolute Gasteiger partial charge is 0.262 e. The normalized spacial score (nSPS) is 17.6. The Balaban J connectivity index is 2.29. The molecule has 0 spiro atoms. The molecule has 0 aromatic heterocycles. The van der Waals surface area contributed by atoms with Gasteiger partial charge in [-0.1, -0.05) is 18.2 Å². The van der Waals surface area contributed by atoms with Gasteiger partial charge in [-0.05, 0) is 19.1 Å². The number of hydrazine groups is 1. The van der Waals surface area contributed by atoms with Crippen LogP contribution in [0.25, 0.3) is 6.08 Å². The fourth-order valence-corrected chi connectivity index (χ4v) is 1.57. The zero-order valence-electron chi connectivity index (χ0n) is 9.12. The van der Waals surface area contributed by atoms with Crippen LogP contribution < -0.4 is 15.6 Å². The highest BCUT2D eigenvalue weighted by Crippen LogP contribution is 2.21. The summed E-state index contributed by atoms with van der Waals surface area (Å²) in [7, 11) is 0. The molecule has 0 bridgehead atoms. The topological polar surface area (TPSA) is 50.4 Å². The van der Waals surface area contributed by atoms with Crippen molar-refractivity contribution < 1.29 is 9.53 Å². The lowest BCUT2D eigenvalue weighted by molar-refractivity contribution is -0.116. The van der Waals surface area contributed by atoms with Crippen molar-refractivity contribution in [1.29, 1.82) is 0 Å². The van der Waals surface area contributed by atoms with Gasteiger partial charge in [-0.2, -0.15) is 0 Å². The second-order valence-electron chi connectivity index (χ2n) is 3.45. The molecule has 2 N–H and O–H groups in total. The lowest BCUT2D eigenvalue weighted by atomic mass is 10.1. The number of para-hydroxylation sites is 1. The van der Waals surface area contributed by atoms with E-state index in [1.54, 1.807) is 0 Å². The Bertz CT molecular complexity index is 427. The molecule has 1 aromatic carbocycles. The molecule has 2 rings (SSSR count). The summed E-state index contributed by atoms with van der Waals surface area (Å²) in [5.41, 5.74) is 6.97. The Morgan fingerprint density at radius 3 is 2.94 bits per heavy atom. The molecule has 84 valence electrons. The third-order valence-electron chi connectivity index (χ3n) is 2.32. The average molecular weight is 218 g/mol. The summed E-state index contributed by atoms with van der Waals surface area (Å²) in [6.45, 7) is 3.09. The van der Waals surface area contributed by atoms with E-state index in [0.717, 1.165) is 11.3 Å². The van der Waals surface area contributed by atoms with Crippen molar-refractivity contribution in [2.45, 2.75) is 6.92 Å². The zero-order chi connectivity index (χ0) is 11.4. The molecule has 0 saturated carbocycles. The standard InChI is InChI=1S/C12H14N2O2/c1-2-16-11-6-4-3-5-9(11)7-10-8-13-14-12(10)15/h3-7,13H,2,8H2,1H3,(H,14,15)/b10-7+. The first kappa shape index (κ1) is 10.7. The van der Waals surface area contributed by atoms with Crippen molar-refractivity contribution in [2.75, 3.05) is 13.2 Å². The van der Waals surface area contributed by atoms with Crippen LogP contribution in [0.1, 0.15) is 12.5 Å². The van der Waals surface area contributed by atoms with Crippen LogP contribution in [-0.2, 0) is 4.79 Å². The lowest BCUT2D eigenvalue weighted by Gasteiger charge is -2.06. The molecule has 4 nitrogen and oxygen atoms in total. The Kier molecular flexibility index (Phi) is 3.22. The number of nitrogens with one attached hydrogen (secondary N) is 2. The average Bonchev–Trinajstić information content (AvgIpc) is 2.68. The van der Waals surface area contributed by atoms with Crippen LogP contribution in [0.5, 0.6) is 5.75 Å². The molecular weight excluding hydrogens is 204 g/mol. The fraction of sp³-hybridized carbons (Fsp3) is 0.250. The van der Waals surface area contributed by atoms with Crippen LogP contribution in [0.3, 0.4) is 0 Å². The van der Waals surface area contributed by atoms with Gasteiger partial charge in [0.05, 0.1) is 6.61 Å². The van der Waals surface area contributed by atoms with E-state index in [2.05, 4.69) is 10.9 Å². The third-order valence-corrected chi connectivity index (χ3v) is 2.32. The Labute approximate surface area is 94.3 Å². The quantitative estimate of drug-likeness (QED) is 0.747. The second kappa shape index (κ2) is 4.81. The first-order chi connectivity index (χ1) is 7.81. The molecule has 1 fully saturated rings. The Hall–Kier alpha value is -1.81. The molecule has 0 aliphatic carbocycles. The number of amides is 1. The summed E-state index contributed by atoms with van der Waals surface area (Å²) in [6.07, 6.45) is 1.85. The predicted molar refractivity (Wildman–Crippen MR) is 61.7 cm³/mol. The van der Waals surface area contributed by atoms with Gasteiger partial charge in [-0.25, -0.2) is 5.43 Å². The van der Waals surface area contributed by atoms with Crippen LogP contribution in [0.15, 0.2) is 29.8 Å². The molecule has 1 saturated heterocycles. The number of rotatable bonds is 3. The molecule has 0 unspecified atom stereocenters. The number of hydrogen-bond acceptors (Lipinski definition) is 3. The van der Waals surface area contributed by atoms with Crippen LogP contribution in [0.2, 0.25) is 0 Å². The third kappa shape index (κ3) is 2.23. The number of carbonyl (C=O) groups excluding carboxylic acids is 1.